The van der Waals surface area contributed by atoms with Gasteiger partial charge in [0, 0.05) is 0 Å². The van der Waals surface area contributed by atoms with Gasteiger partial charge in [-0.15, -0.1) is 0 Å². The molecule has 0 fully saturated rings. The highest BCUT2D eigenvalue weighted by molar-refractivity contribution is 5.89. The Kier molecular flexibility index (Phi) is 4.31. The van der Waals surface area contributed by atoms with Crippen molar-refractivity contribution in [2.24, 2.45) is 0 Å². The molecule has 0 saturated carbocycles. The minimum Gasteiger partial charge on any atom is -0.457 e. The van der Waals surface area contributed by atoms with Gasteiger partial charge in [-0.25, -0.2) is 4.79 Å². The van der Waals surface area contributed by atoms with Gasteiger partial charge in [0.1, 0.15) is 6.61 Å². The number of halogens is 3. The zero-order valence-corrected chi connectivity index (χ0v) is 11.3. The lowest BCUT2D eigenvalue weighted by molar-refractivity contribution is -0.138. The second-order valence-electron chi connectivity index (χ2n) is 4.59. The SMILES string of the molecule is Cc1cc(C(=O)OCc2ccccc2)ccc1C(F)(F)F. The average molecular weight is 294 g/mol. The molecule has 2 aromatic carbocycles. The van der Waals surface area contributed by atoms with Gasteiger partial charge in [-0.3, -0.25) is 0 Å². The van der Waals surface area contributed by atoms with E-state index >= 15 is 0 Å². The lowest BCUT2D eigenvalue weighted by Gasteiger charge is -2.11. The summed E-state index contributed by atoms with van der Waals surface area (Å²) in [6.07, 6.45) is -4.42. The summed E-state index contributed by atoms with van der Waals surface area (Å²) in [6, 6.07) is 12.3. The van der Waals surface area contributed by atoms with E-state index in [-0.39, 0.29) is 17.7 Å². The number of esters is 1. The lowest BCUT2D eigenvalue weighted by Crippen LogP contribution is -2.10. The van der Waals surface area contributed by atoms with Crippen LogP contribution in [0.15, 0.2) is 48.5 Å². The van der Waals surface area contributed by atoms with Crippen molar-refractivity contribution in [1.82, 2.24) is 0 Å². The van der Waals surface area contributed by atoms with Crippen LogP contribution in [0.2, 0.25) is 0 Å². The third-order valence-corrected chi connectivity index (χ3v) is 2.98. The minimum absolute atomic E-state index is 0.00309. The Hall–Kier alpha value is -2.30. The molecule has 2 aromatic rings. The van der Waals surface area contributed by atoms with Crippen LogP contribution < -0.4 is 0 Å². The molecular formula is C16H13F3O2. The largest absolute Gasteiger partial charge is 0.457 e. The molecule has 0 aliphatic carbocycles. The fourth-order valence-corrected chi connectivity index (χ4v) is 1.92. The molecule has 110 valence electrons. The van der Waals surface area contributed by atoms with Crippen molar-refractivity contribution in [2.45, 2.75) is 19.7 Å². The molecule has 2 nitrogen and oxygen atoms in total. The first-order chi connectivity index (χ1) is 9.88. The molecule has 0 aliphatic heterocycles. The van der Waals surface area contributed by atoms with E-state index in [1.165, 1.54) is 13.0 Å². The lowest BCUT2D eigenvalue weighted by atomic mass is 10.0. The van der Waals surface area contributed by atoms with Crippen molar-refractivity contribution < 1.29 is 22.7 Å². The number of alkyl halides is 3. The van der Waals surface area contributed by atoms with Crippen LogP contribution in [0.3, 0.4) is 0 Å². The summed E-state index contributed by atoms with van der Waals surface area (Å²) in [4.78, 5) is 11.8. The molecule has 0 aliphatic rings. The van der Waals surface area contributed by atoms with Crippen molar-refractivity contribution in [1.29, 1.82) is 0 Å². The molecule has 0 spiro atoms. The smallest absolute Gasteiger partial charge is 0.416 e. The van der Waals surface area contributed by atoms with Crippen LogP contribution in [0.1, 0.15) is 27.0 Å². The van der Waals surface area contributed by atoms with E-state index in [0.717, 1.165) is 17.7 Å². The van der Waals surface area contributed by atoms with Crippen LogP contribution >= 0.6 is 0 Å². The van der Waals surface area contributed by atoms with E-state index in [2.05, 4.69) is 0 Å². The van der Waals surface area contributed by atoms with E-state index < -0.39 is 17.7 Å². The van der Waals surface area contributed by atoms with Gasteiger partial charge in [0.2, 0.25) is 0 Å². The predicted molar refractivity (Wildman–Crippen MR) is 71.7 cm³/mol. The molecule has 0 unspecified atom stereocenters. The topological polar surface area (TPSA) is 26.3 Å². The van der Waals surface area contributed by atoms with Crippen LogP contribution in [0.25, 0.3) is 0 Å². The summed E-state index contributed by atoms with van der Waals surface area (Å²) in [5, 5.41) is 0. The number of hydrogen-bond donors (Lipinski definition) is 0. The highest BCUT2D eigenvalue weighted by Gasteiger charge is 2.32. The molecule has 0 N–H and O–H groups in total. The van der Waals surface area contributed by atoms with Gasteiger partial charge in [0.15, 0.2) is 0 Å². The third kappa shape index (κ3) is 3.84. The fourth-order valence-electron chi connectivity index (χ4n) is 1.92. The number of ether oxygens (including phenoxy) is 1. The maximum Gasteiger partial charge on any atom is 0.416 e. The summed E-state index contributed by atoms with van der Waals surface area (Å²) in [5.41, 5.74) is 0.171. The van der Waals surface area contributed by atoms with E-state index in [0.29, 0.717) is 0 Å². The average Bonchev–Trinajstić information content (AvgIpc) is 2.44. The van der Waals surface area contributed by atoms with Crippen LogP contribution in [0, 0.1) is 6.92 Å². The Morgan fingerprint density at radius 2 is 1.76 bits per heavy atom. The standard InChI is InChI=1S/C16H13F3O2/c1-11-9-13(7-8-14(11)16(17,18)19)15(20)21-10-12-5-3-2-4-6-12/h2-9H,10H2,1H3. The molecule has 0 heterocycles. The molecular weight excluding hydrogens is 281 g/mol. The van der Waals surface area contributed by atoms with E-state index in [1.807, 2.05) is 18.2 Å². The summed E-state index contributed by atoms with van der Waals surface area (Å²) in [6.45, 7) is 1.40. The molecule has 0 radical (unpaired) electrons. The van der Waals surface area contributed by atoms with Gasteiger partial charge in [-0.1, -0.05) is 30.3 Å². The first kappa shape index (κ1) is 15.1. The summed E-state index contributed by atoms with van der Waals surface area (Å²) in [7, 11) is 0. The maximum atomic E-state index is 12.6. The predicted octanol–water partition coefficient (Wildman–Crippen LogP) is 4.37. The van der Waals surface area contributed by atoms with Crippen molar-refractivity contribution in [2.75, 3.05) is 0 Å². The Bertz CT molecular complexity index is 634. The number of rotatable bonds is 3. The summed E-state index contributed by atoms with van der Waals surface area (Å²) < 4.78 is 43.0. The molecule has 0 bridgehead atoms. The molecule has 5 heteroatoms. The molecule has 0 atom stereocenters. The Labute approximate surface area is 120 Å². The number of hydrogen-bond acceptors (Lipinski definition) is 2. The third-order valence-electron chi connectivity index (χ3n) is 2.98. The number of benzene rings is 2. The van der Waals surface area contributed by atoms with Gasteiger partial charge in [0.25, 0.3) is 0 Å². The van der Waals surface area contributed by atoms with Gasteiger partial charge >= 0.3 is 12.1 Å². The van der Waals surface area contributed by atoms with Crippen LogP contribution in [-0.2, 0) is 17.5 Å². The van der Waals surface area contributed by atoms with E-state index in [1.54, 1.807) is 12.1 Å². The number of carbonyl (C=O) groups is 1. The van der Waals surface area contributed by atoms with Gasteiger partial charge in [0.05, 0.1) is 11.1 Å². The zero-order chi connectivity index (χ0) is 15.5. The minimum atomic E-state index is -4.42. The zero-order valence-electron chi connectivity index (χ0n) is 11.3. The first-order valence-corrected chi connectivity index (χ1v) is 6.27. The number of carbonyl (C=O) groups excluding carboxylic acids is 1. The maximum absolute atomic E-state index is 12.6. The van der Waals surface area contributed by atoms with Gasteiger partial charge in [-0.2, -0.15) is 13.2 Å². The molecule has 21 heavy (non-hydrogen) atoms. The second kappa shape index (κ2) is 5.99. The van der Waals surface area contributed by atoms with Crippen LogP contribution in [0.5, 0.6) is 0 Å². The Balaban J connectivity index is 2.08. The van der Waals surface area contributed by atoms with E-state index in [4.69, 9.17) is 4.74 Å². The Morgan fingerprint density at radius 3 is 2.33 bits per heavy atom. The van der Waals surface area contributed by atoms with E-state index in [9.17, 15) is 18.0 Å². The first-order valence-electron chi connectivity index (χ1n) is 6.27. The van der Waals surface area contributed by atoms with Crippen LogP contribution in [-0.4, -0.2) is 5.97 Å². The molecule has 0 amide bonds. The summed E-state index contributed by atoms with van der Waals surface area (Å²) >= 11 is 0. The van der Waals surface area contributed by atoms with Crippen LogP contribution in [0.4, 0.5) is 13.2 Å². The normalized spacial score (nSPS) is 11.2. The van der Waals surface area contributed by atoms with Crippen molar-refractivity contribution in [3.05, 3.63) is 70.8 Å². The number of aryl methyl sites for hydroxylation is 1. The molecule has 2 rings (SSSR count). The fraction of sp³-hybridized carbons (Fsp3) is 0.188. The van der Waals surface area contributed by atoms with Crippen molar-refractivity contribution >= 4 is 5.97 Å². The second-order valence-corrected chi connectivity index (χ2v) is 4.59. The van der Waals surface area contributed by atoms with Crippen molar-refractivity contribution in [3.63, 3.8) is 0 Å². The molecule has 0 saturated heterocycles. The molecule has 0 aromatic heterocycles. The monoisotopic (exact) mass is 294 g/mol. The Morgan fingerprint density at radius 1 is 1.10 bits per heavy atom. The van der Waals surface area contributed by atoms with Gasteiger partial charge < -0.3 is 4.74 Å². The van der Waals surface area contributed by atoms with Crippen molar-refractivity contribution in [3.8, 4) is 0 Å². The van der Waals surface area contributed by atoms with Gasteiger partial charge in [-0.05, 0) is 36.2 Å². The highest BCUT2D eigenvalue weighted by Crippen LogP contribution is 2.32. The summed E-state index contributed by atoms with van der Waals surface area (Å²) in [5.74, 6) is -0.643. The highest BCUT2D eigenvalue weighted by atomic mass is 19.4. The quantitative estimate of drug-likeness (QED) is 0.786.